The van der Waals surface area contributed by atoms with E-state index in [9.17, 15) is 18.0 Å². The number of hydrogen-bond donors (Lipinski definition) is 1. The van der Waals surface area contributed by atoms with Gasteiger partial charge in [0.15, 0.2) is 0 Å². The van der Waals surface area contributed by atoms with Gasteiger partial charge in [-0.3, -0.25) is 4.79 Å². The van der Waals surface area contributed by atoms with E-state index in [0.29, 0.717) is 38.9 Å². The lowest BCUT2D eigenvalue weighted by atomic mass is 9.73. The molecule has 4 rings (SSSR count). The minimum Gasteiger partial charge on any atom is -0.474 e. The van der Waals surface area contributed by atoms with Gasteiger partial charge in [0, 0.05) is 31.5 Å². The number of carbonyl (C=O) groups excluding carboxylic acids is 1. The number of rotatable bonds is 5. The van der Waals surface area contributed by atoms with Crippen molar-refractivity contribution in [3.05, 3.63) is 59.8 Å². The van der Waals surface area contributed by atoms with Crippen LogP contribution in [0.25, 0.3) is 0 Å². The molecule has 2 fully saturated rings. The molecule has 0 unspecified atom stereocenters. The van der Waals surface area contributed by atoms with Crippen LogP contribution in [0.1, 0.15) is 49.7 Å². The Hall–Kier alpha value is -2.61. The first-order valence-electron chi connectivity index (χ1n) is 11.0. The van der Waals surface area contributed by atoms with Crippen molar-refractivity contribution in [1.82, 2.24) is 10.3 Å². The van der Waals surface area contributed by atoms with Crippen LogP contribution in [0.15, 0.2) is 48.7 Å². The molecule has 0 radical (unpaired) electrons. The van der Waals surface area contributed by atoms with E-state index < -0.39 is 17.2 Å². The van der Waals surface area contributed by atoms with Gasteiger partial charge in [-0.2, -0.15) is 13.2 Å². The van der Waals surface area contributed by atoms with Gasteiger partial charge in [-0.25, -0.2) is 4.98 Å². The third-order valence-electron chi connectivity index (χ3n) is 6.47. The predicted octanol–water partition coefficient (Wildman–Crippen LogP) is 4.66. The quantitative estimate of drug-likeness (QED) is 0.723. The Kier molecular flexibility index (Phi) is 6.69. The van der Waals surface area contributed by atoms with Gasteiger partial charge in [0.1, 0.15) is 6.10 Å². The van der Waals surface area contributed by atoms with E-state index in [1.165, 1.54) is 6.07 Å². The summed E-state index contributed by atoms with van der Waals surface area (Å²) in [6.45, 7) is 1.12. The molecule has 172 valence electrons. The average Bonchev–Trinajstić information content (AvgIpc) is 2.81. The summed E-state index contributed by atoms with van der Waals surface area (Å²) in [5.41, 5.74) is -0.347. The second kappa shape index (κ2) is 9.48. The molecule has 8 heteroatoms. The SMILES string of the molecule is O=C(NC1CCC(Oc2ccc(C(F)(F)F)cn2)CC1)C1(c2ccccc2)CCOCC1. The molecule has 2 heterocycles. The van der Waals surface area contributed by atoms with Crippen LogP contribution in [-0.2, 0) is 21.1 Å². The molecule has 1 saturated heterocycles. The minimum atomic E-state index is -4.41. The molecule has 1 amide bonds. The van der Waals surface area contributed by atoms with Gasteiger partial charge < -0.3 is 14.8 Å². The second-order valence-electron chi connectivity index (χ2n) is 8.51. The Morgan fingerprint density at radius 1 is 1.03 bits per heavy atom. The van der Waals surface area contributed by atoms with Gasteiger partial charge in [0.25, 0.3) is 0 Å². The highest BCUT2D eigenvalue weighted by molar-refractivity contribution is 5.88. The predicted molar refractivity (Wildman–Crippen MR) is 112 cm³/mol. The number of hydrogen-bond acceptors (Lipinski definition) is 4. The highest BCUT2D eigenvalue weighted by Crippen LogP contribution is 2.36. The van der Waals surface area contributed by atoms with Gasteiger partial charge in [0.2, 0.25) is 11.8 Å². The van der Waals surface area contributed by atoms with E-state index in [2.05, 4.69) is 10.3 Å². The lowest BCUT2D eigenvalue weighted by Crippen LogP contribution is -2.52. The van der Waals surface area contributed by atoms with Gasteiger partial charge >= 0.3 is 6.18 Å². The second-order valence-corrected chi connectivity index (χ2v) is 8.51. The van der Waals surface area contributed by atoms with Crippen LogP contribution in [0, 0.1) is 0 Å². The third-order valence-corrected chi connectivity index (χ3v) is 6.47. The van der Waals surface area contributed by atoms with Crippen LogP contribution in [0.2, 0.25) is 0 Å². The number of halogens is 3. The fourth-order valence-corrected chi connectivity index (χ4v) is 4.56. The van der Waals surface area contributed by atoms with Crippen molar-refractivity contribution in [3.63, 3.8) is 0 Å². The molecule has 0 bridgehead atoms. The average molecular weight is 448 g/mol. The van der Waals surface area contributed by atoms with E-state index in [4.69, 9.17) is 9.47 Å². The van der Waals surface area contributed by atoms with E-state index in [1.54, 1.807) is 0 Å². The molecule has 2 aromatic rings. The van der Waals surface area contributed by atoms with E-state index >= 15 is 0 Å². The maximum absolute atomic E-state index is 13.4. The van der Waals surface area contributed by atoms with Crippen molar-refractivity contribution in [3.8, 4) is 5.88 Å². The summed E-state index contributed by atoms with van der Waals surface area (Å²) in [5, 5.41) is 3.25. The topological polar surface area (TPSA) is 60.5 Å². The molecule has 32 heavy (non-hydrogen) atoms. The van der Waals surface area contributed by atoms with E-state index in [-0.39, 0.29) is 23.9 Å². The number of benzene rings is 1. The fourth-order valence-electron chi connectivity index (χ4n) is 4.56. The number of nitrogens with one attached hydrogen (secondary N) is 1. The highest BCUT2D eigenvalue weighted by atomic mass is 19.4. The van der Waals surface area contributed by atoms with E-state index in [0.717, 1.165) is 30.7 Å². The summed E-state index contributed by atoms with van der Waals surface area (Å²) in [6, 6.07) is 12.2. The van der Waals surface area contributed by atoms with Crippen LogP contribution in [-0.4, -0.2) is 36.3 Å². The smallest absolute Gasteiger partial charge is 0.417 e. The Morgan fingerprint density at radius 3 is 2.31 bits per heavy atom. The Labute approximate surface area is 185 Å². The molecular weight excluding hydrogens is 421 g/mol. The maximum atomic E-state index is 13.4. The van der Waals surface area contributed by atoms with Crippen molar-refractivity contribution < 1.29 is 27.4 Å². The molecule has 1 aliphatic carbocycles. The molecule has 5 nitrogen and oxygen atoms in total. The lowest BCUT2D eigenvalue weighted by molar-refractivity contribution is -0.138. The molecule has 2 aliphatic rings. The summed E-state index contributed by atoms with van der Waals surface area (Å²) in [7, 11) is 0. The summed E-state index contributed by atoms with van der Waals surface area (Å²) in [5.74, 6) is 0.233. The molecule has 1 aromatic heterocycles. The number of ether oxygens (including phenoxy) is 2. The highest BCUT2D eigenvalue weighted by Gasteiger charge is 2.42. The van der Waals surface area contributed by atoms with Crippen molar-refractivity contribution in [2.24, 2.45) is 0 Å². The molecular formula is C24H27F3N2O3. The molecule has 1 saturated carbocycles. The summed E-state index contributed by atoms with van der Waals surface area (Å²) in [4.78, 5) is 17.2. The number of alkyl halides is 3. The summed E-state index contributed by atoms with van der Waals surface area (Å²) in [6.07, 6.45) is 0.461. The largest absolute Gasteiger partial charge is 0.474 e. The monoisotopic (exact) mass is 448 g/mol. The first-order valence-corrected chi connectivity index (χ1v) is 11.0. The minimum absolute atomic E-state index is 0.0424. The van der Waals surface area contributed by atoms with Gasteiger partial charge in [-0.05, 0) is 50.2 Å². The van der Waals surface area contributed by atoms with Crippen molar-refractivity contribution in [2.45, 2.75) is 62.3 Å². The lowest BCUT2D eigenvalue weighted by Gasteiger charge is -2.38. The van der Waals surface area contributed by atoms with Crippen LogP contribution in [0.3, 0.4) is 0 Å². The number of nitrogens with zero attached hydrogens (tertiary/aromatic N) is 1. The number of pyridine rings is 1. The maximum Gasteiger partial charge on any atom is 0.417 e. The summed E-state index contributed by atoms with van der Waals surface area (Å²) < 4.78 is 49.3. The first-order chi connectivity index (χ1) is 15.4. The Bertz CT molecular complexity index is 889. The van der Waals surface area contributed by atoms with Gasteiger partial charge in [0.05, 0.1) is 11.0 Å². The van der Waals surface area contributed by atoms with Crippen LogP contribution in [0.4, 0.5) is 13.2 Å². The van der Waals surface area contributed by atoms with Crippen LogP contribution in [0.5, 0.6) is 5.88 Å². The van der Waals surface area contributed by atoms with Crippen molar-refractivity contribution in [1.29, 1.82) is 0 Å². The van der Waals surface area contributed by atoms with E-state index in [1.807, 2.05) is 30.3 Å². The Balaban J connectivity index is 1.33. The normalized spacial score (nSPS) is 23.3. The number of carbonyl (C=O) groups is 1. The van der Waals surface area contributed by atoms with Gasteiger partial charge in [-0.15, -0.1) is 0 Å². The molecule has 0 spiro atoms. The third kappa shape index (κ3) is 5.06. The number of aromatic nitrogens is 1. The standard InChI is InChI=1S/C24H27F3N2O3/c25-24(26,27)18-6-11-21(28-16-18)32-20-9-7-19(8-10-20)29-22(30)23(12-14-31-15-13-23)17-4-2-1-3-5-17/h1-6,11,16,19-20H,7-10,12-15H2,(H,29,30). The van der Waals surface area contributed by atoms with Gasteiger partial charge in [-0.1, -0.05) is 30.3 Å². The molecule has 1 aliphatic heterocycles. The summed E-state index contributed by atoms with van der Waals surface area (Å²) >= 11 is 0. The molecule has 1 N–H and O–H groups in total. The first kappa shape index (κ1) is 22.6. The number of amides is 1. The zero-order chi connectivity index (χ0) is 22.6. The fraction of sp³-hybridized carbons (Fsp3) is 0.500. The van der Waals surface area contributed by atoms with Crippen LogP contribution < -0.4 is 10.1 Å². The van der Waals surface area contributed by atoms with Crippen molar-refractivity contribution in [2.75, 3.05) is 13.2 Å². The zero-order valence-corrected chi connectivity index (χ0v) is 17.7. The zero-order valence-electron chi connectivity index (χ0n) is 17.7. The molecule has 1 aromatic carbocycles. The van der Waals surface area contributed by atoms with Crippen LogP contribution >= 0.6 is 0 Å². The Morgan fingerprint density at radius 2 is 1.72 bits per heavy atom. The van der Waals surface area contributed by atoms with Crippen molar-refractivity contribution >= 4 is 5.91 Å². The molecule has 0 atom stereocenters.